The van der Waals surface area contributed by atoms with Gasteiger partial charge in [0.05, 0.1) is 17.5 Å². The first kappa shape index (κ1) is 16.2. The van der Waals surface area contributed by atoms with Crippen LogP contribution < -0.4 is 5.56 Å². The molecule has 8 heteroatoms. The zero-order valence-electron chi connectivity index (χ0n) is 13.3. The lowest BCUT2D eigenvalue weighted by Crippen LogP contribution is -2.59. The molecule has 1 N–H and O–H groups in total. The van der Waals surface area contributed by atoms with E-state index in [1.54, 1.807) is 11.0 Å². The molecule has 0 spiro atoms. The molecule has 0 aliphatic carbocycles. The Morgan fingerprint density at radius 3 is 2.65 bits per heavy atom. The molecule has 2 saturated heterocycles. The average molecular weight is 339 g/mol. The molecule has 0 radical (unpaired) electrons. The first-order chi connectivity index (χ1) is 10.8. The van der Waals surface area contributed by atoms with Gasteiger partial charge in [0.25, 0.3) is 5.91 Å². The minimum atomic E-state index is -3.13. The number of carbonyl (C=O) groups is 1. The van der Waals surface area contributed by atoms with E-state index in [9.17, 15) is 18.0 Å². The highest BCUT2D eigenvalue weighted by Gasteiger charge is 2.47. The quantitative estimate of drug-likeness (QED) is 0.784. The second kappa shape index (κ2) is 5.76. The molecule has 1 aromatic heterocycles. The van der Waals surface area contributed by atoms with Crippen LogP contribution >= 0.6 is 0 Å². The second-order valence-electron chi connectivity index (χ2n) is 6.30. The van der Waals surface area contributed by atoms with Gasteiger partial charge in [-0.15, -0.1) is 0 Å². The van der Waals surface area contributed by atoms with E-state index < -0.39 is 9.84 Å². The van der Waals surface area contributed by atoms with Crippen molar-refractivity contribution in [3.63, 3.8) is 0 Å². The van der Waals surface area contributed by atoms with Crippen LogP contribution in [0.25, 0.3) is 0 Å². The van der Waals surface area contributed by atoms with E-state index in [1.165, 1.54) is 6.07 Å². The van der Waals surface area contributed by atoms with Gasteiger partial charge in [0.1, 0.15) is 0 Å². The standard InChI is InChI=1S/C15H21N3O4S/c1-3-11-6-10(7-14(19)16-11)15(20)18-5-4-17(2)12-8-23(21,22)9-13(12)18/h6-7,12-13H,3-5,8-9H2,1-2H3,(H,16,19)/t12-,13+/m1/s1. The molecule has 2 fully saturated rings. The number of rotatable bonds is 2. The van der Waals surface area contributed by atoms with Gasteiger partial charge in [-0.05, 0) is 19.5 Å². The van der Waals surface area contributed by atoms with Crippen LogP contribution in [-0.4, -0.2) is 72.8 Å². The number of aromatic amines is 1. The molecular weight excluding hydrogens is 318 g/mol. The first-order valence-electron chi connectivity index (χ1n) is 7.75. The summed E-state index contributed by atoms with van der Waals surface area (Å²) in [6.45, 7) is 3.00. The van der Waals surface area contributed by atoms with Gasteiger partial charge in [0, 0.05) is 36.5 Å². The maximum atomic E-state index is 12.8. The molecule has 23 heavy (non-hydrogen) atoms. The second-order valence-corrected chi connectivity index (χ2v) is 8.46. The lowest BCUT2D eigenvalue weighted by Gasteiger charge is -2.42. The molecule has 2 atom stereocenters. The Hall–Kier alpha value is -1.67. The van der Waals surface area contributed by atoms with Crippen molar-refractivity contribution in [2.24, 2.45) is 0 Å². The van der Waals surface area contributed by atoms with Crippen LogP contribution in [0.5, 0.6) is 0 Å². The van der Waals surface area contributed by atoms with Crippen molar-refractivity contribution in [1.29, 1.82) is 0 Å². The summed E-state index contributed by atoms with van der Waals surface area (Å²) in [5.41, 5.74) is 0.723. The van der Waals surface area contributed by atoms with Crippen molar-refractivity contribution in [2.75, 3.05) is 31.6 Å². The lowest BCUT2D eigenvalue weighted by atomic mass is 10.0. The molecule has 0 unspecified atom stereocenters. The molecule has 2 aliphatic rings. The zero-order chi connectivity index (χ0) is 16.8. The SMILES string of the molecule is CCc1cc(C(=O)N2CCN(C)[C@@H]3CS(=O)(=O)C[C@@H]32)cc(=O)[nH]1. The summed E-state index contributed by atoms with van der Waals surface area (Å²) in [6.07, 6.45) is 0.625. The van der Waals surface area contributed by atoms with E-state index in [0.29, 0.717) is 30.8 Å². The van der Waals surface area contributed by atoms with Gasteiger partial charge in [-0.3, -0.25) is 14.5 Å². The molecule has 3 rings (SSSR count). The van der Waals surface area contributed by atoms with Crippen LogP contribution in [0.3, 0.4) is 0 Å². The highest BCUT2D eigenvalue weighted by Crippen LogP contribution is 2.27. The number of likely N-dealkylation sites (N-methyl/N-ethyl adjacent to an activating group) is 1. The Bertz CT molecular complexity index is 786. The number of pyridine rings is 1. The summed E-state index contributed by atoms with van der Waals surface area (Å²) in [7, 11) is -1.24. The van der Waals surface area contributed by atoms with Crippen LogP contribution in [0.2, 0.25) is 0 Å². The summed E-state index contributed by atoms with van der Waals surface area (Å²) in [6, 6.07) is 2.47. The number of amides is 1. The summed E-state index contributed by atoms with van der Waals surface area (Å²) in [5, 5.41) is 0. The monoisotopic (exact) mass is 339 g/mol. The maximum Gasteiger partial charge on any atom is 0.254 e. The van der Waals surface area contributed by atoms with Crippen LogP contribution in [0.1, 0.15) is 23.0 Å². The largest absolute Gasteiger partial charge is 0.332 e. The maximum absolute atomic E-state index is 12.8. The smallest absolute Gasteiger partial charge is 0.254 e. The number of piperazine rings is 1. The van der Waals surface area contributed by atoms with Crippen molar-refractivity contribution >= 4 is 15.7 Å². The summed E-state index contributed by atoms with van der Waals surface area (Å²) < 4.78 is 24.0. The number of nitrogens with one attached hydrogen (secondary N) is 1. The topological polar surface area (TPSA) is 90.6 Å². The molecule has 0 saturated carbocycles. The number of aromatic nitrogens is 1. The van der Waals surface area contributed by atoms with E-state index in [-0.39, 0.29) is 35.1 Å². The molecular formula is C15H21N3O4S. The molecule has 1 aromatic rings. The van der Waals surface area contributed by atoms with E-state index in [2.05, 4.69) is 4.98 Å². The Morgan fingerprint density at radius 1 is 1.26 bits per heavy atom. The van der Waals surface area contributed by atoms with Gasteiger partial charge in [0.15, 0.2) is 9.84 Å². The number of fused-ring (bicyclic) bond motifs is 1. The third-order valence-corrected chi connectivity index (χ3v) is 6.44. The number of H-pyrrole nitrogens is 1. The molecule has 126 valence electrons. The summed E-state index contributed by atoms with van der Waals surface area (Å²) in [5.74, 6) is -0.170. The van der Waals surface area contributed by atoms with Crippen molar-refractivity contribution in [3.8, 4) is 0 Å². The minimum Gasteiger partial charge on any atom is -0.332 e. The predicted molar refractivity (Wildman–Crippen MR) is 86.3 cm³/mol. The molecule has 7 nitrogen and oxygen atoms in total. The highest BCUT2D eigenvalue weighted by atomic mass is 32.2. The van der Waals surface area contributed by atoms with Gasteiger partial charge in [-0.1, -0.05) is 6.92 Å². The highest BCUT2D eigenvalue weighted by molar-refractivity contribution is 7.91. The minimum absolute atomic E-state index is 0.00241. The Balaban J connectivity index is 1.93. The fourth-order valence-corrected chi connectivity index (χ4v) is 5.51. The van der Waals surface area contributed by atoms with E-state index in [4.69, 9.17) is 0 Å². The Labute approximate surface area is 135 Å². The fraction of sp³-hybridized carbons (Fsp3) is 0.600. The van der Waals surface area contributed by atoms with Crippen LogP contribution in [0.4, 0.5) is 0 Å². The van der Waals surface area contributed by atoms with Crippen LogP contribution in [0, 0.1) is 0 Å². The summed E-state index contributed by atoms with van der Waals surface area (Å²) >= 11 is 0. The third-order valence-electron chi connectivity index (χ3n) is 4.74. The van der Waals surface area contributed by atoms with E-state index >= 15 is 0 Å². The Kier molecular flexibility index (Phi) is 4.05. The molecule has 2 aliphatic heterocycles. The van der Waals surface area contributed by atoms with Gasteiger partial charge in [0.2, 0.25) is 5.56 Å². The van der Waals surface area contributed by atoms with Crippen molar-refractivity contribution in [1.82, 2.24) is 14.8 Å². The first-order valence-corrected chi connectivity index (χ1v) is 9.58. The predicted octanol–water partition coefficient (Wildman–Crippen LogP) is -0.509. The van der Waals surface area contributed by atoms with Crippen molar-refractivity contribution in [3.05, 3.63) is 33.7 Å². The average Bonchev–Trinajstić information content (AvgIpc) is 2.82. The Morgan fingerprint density at radius 2 is 1.96 bits per heavy atom. The normalized spacial score (nSPS) is 27.0. The van der Waals surface area contributed by atoms with Gasteiger partial charge >= 0.3 is 0 Å². The molecule has 0 aromatic carbocycles. The molecule has 3 heterocycles. The molecule has 0 bridgehead atoms. The molecule has 1 amide bonds. The number of hydrogen-bond acceptors (Lipinski definition) is 5. The van der Waals surface area contributed by atoms with Gasteiger partial charge in [-0.25, -0.2) is 8.42 Å². The van der Waals surface area contributed by atoms with Gasteiger partial charge in [-0.2, -0.15) is 0 Å². The van der Waals surface area contributed by atoms with Crippen LogP contribution in [-0.2, 0) is 16.3 Å². The van der Waals surface area contributed by atoms with E-state index in [1.807, 2.05) is 18.9 Å². The number of hydrogen-bond donors (Lipinski definition) is 1. The van der Waals surface area contributed by atoms with E-state index in [0.717, 1.165) is 0 Å². The number of nitrogens with zero attached hydrogens (tertiary/aromatic N) is 2. The van der Waals surface area contributed by atoms with Crippen LogP contribution in [0.15, 0.2) is 16.9 Å². The third kappa shape index (κ3) is 3.05. The number of aryl methyl sites for hydroxylation is 1. The lowest BCUT2D eigenvalue weighted by molar-refractivity contribution is 0.0409. The zero-order valence-corrected chi connectivity index (χ0v) is 14.1. The summed E-state index contributed by atoms with van der Waals surface area (Å²) in [4.78, 5) is 30.9. The van der Waals surface area contributed by atoms with Crippen molar-refractivity contribution < 1.29 is 13.2 Å². The number of carbonyl (C=O) groups excluding carboxylic acids is 1. The fourth-order valence-electron chi connectivity index (χ4n) is 3.46. The van der Waals surface area contributed by atoms with Gasteiger partial charge < -0.3 is 9.88 Å². The van der Waals surface area contributed by atoms with Crippen molar-refractivity contribution in [2.45, 2.75) is 25.4 Å². The number of sulfone groups is 1.